The Labute approximate surface area is 190 Å². The smallest absolute Gasteiger partial charge is 0.253 e. The molecule has 1 aliphatic heterocycles. The van der Waals surface area contributed by atoms with Crippen molar-refractivity contribution < 1.29 is 13.2 Å². The molecule has 0 aliphatic carbocycles. The number of sulfone groups is 1. The minimum absolute atomic E-state index is 0.0567. The van der Waals surface area contributed by atoms with Crippen LogP contribution < -0.4 is 4.90 Å². The van der Waals surface area contributed by atoms with Crippen LogP contribution in [0.25, 0.3) is 0 Å². The zero-order valence-electron chi connectivity index (χ0n) is 18.3. The Morgan fingerprint density at radius 3 is 2.06 bits per heavy atom. The Kier molecular flexibility index (Phi) is 6.61. The van der Waals surface area contributed by atoms with Crippen LogP contribution in [0.15, 0.2) is 83.8 Å². The van der Waals surface area contributed by atoms with Crippen molar-refractivity contribution >= 4 is 21.4 Å². The van der Waals surface area contributed by atoms with E-state index < -0.39 is 9.84 Å². The average molecular weight is 449 g/mol. The van der Waals surface area contributed by atoms with Crippen molar-refractivity contribution in [1.82, 2.24) is 4.90 Å². The second-order valence-electron chi connectivity index (χ2n) is 8.20. The molecule has 1 fully saturated rings. The zero-order chi connectivity index (χ0) is 22.6. The number of benzene rings is 3. The molecule has 0 aromatic heterocycles. The van der Waals surface area contributed by atoms with Crippen molar-refractivity contribution in [2.45, 2.75) is 17.7 Å². The van der Waals surface area contributed by atoms with Gasteiger partial charge in [-0.25, -0.2) is 8.42 Å². The molecule has 0 saturated carbocycles. The lowest BCUT2D eigenvalue weighted by Crippen LogP contribution is -2.48. The first-order chi connectivity index (χ1) is 15.4. The van der Waals surface area contributed by atoms with Crippen LogP contribution in [0.1, 0.15) is 21.5 Å². The van der Waals surface area contributed by atoms with Gasteiger partial charge in [0.1, 0.15) is 0 Å². The van der Waals surface area contributed by atoms with Gasteiger partial charge in [0.05, 0.1) is 4.90 Å². The summed E-state index contributed by atoms with van der Waals surface area (Å²) in [4.78, 5) is 17.2. The normalized spacial score (nSPS) is 14.4. The Morgan fingerprint density at radius 1 is 0.812 bits per heavy atom. The molecule has 0 atom stereocenters. The van der Waals surface area contributed by atoms with Crippen LogP contribution >= 0.6 is 0 Å². The Balaban J connectivity index is 1.48. The predicted octanol–water partition coefficient (Wildman–Crippen LogP) is 3.84. The SMILES string of the molecule is CS(=O)(=O)c1ccc(N2CCN(C(=O)c3ccccc3)CC2)cc1CCc1ccccc1. The van der Waals surface area contributed by atoms with E-state index in [1.54, 1.807) is 6.07 Å². The van der Waals surface area contributed by atoms with Gasteiger partial charge in [0.2, 0.25) is 0 Å². The van der Waals surface area contributed by atoms with Crippen LogP contribution in [0.2, 0.25) is 0 Å². The van der Waals surface area contributed by atoms with Gasteiger partial charge in [-0.3, -0.25) is 4.79 Å². The molecule has 5 nitrogen and oxygen atoms in total. The molecule has 1 aliphatic rings. The summed E-state index contributed by atoms with van der Waals surface area (Å²) in [5.74, 6) is 0.0567. The predicted molar refractivity (Wildman–Crippen MR) is 128 cm³/mol. The first-order valence-corrected chi connectivity index (χ1v) is 12.8. The highest BCUT2D eigenvalue weighted by Crippen LogP contribution is 2.26. The quantitative estimate of drug-likeness (QED) is 0.575. The number of piperazine rings is 1. The Bertz CT molecular complexity index is 1170. The number of hydrogen-bond acceptors (Lipinski definition) is 4. The number of rotatable bonds is 6. The first-order valence-electron chi connectivity index (χ1n) is 10.9. The third kappa shape index (κ3) is 5.19. The van der Waals surface area contributed by atoms with Gasteiger partial charge in [-0.05, 0) is 54.3 Å². The third-order valence-corrected chi connectivity index (χ3v) is 7.12. The maximum Gasteiger partial charge on any atom is 0.253 e. The minimum atomic E-state index is -3.31. The Morgan fingerprint density at radius 2 is 1.44 bits per heavy atom. The van der Waals surface area contributed by atoms with Crippen molar-refractivity contribution in [3.05, 3.63) is 95.6 Å². The summed E-state index contributed by atoms with van der Waals surface area (Å²) in [6.07, 6.45) is 2.71. The first kappa shape index (κ1) is 22.1. The van der Waals surface area contributed by atoms with Crippen LogP contribution in [-0.4, -0.2) is 51.7 Å². The standard InChI is InChI=1S/C26H28N2O3S/c1-32(30,31)25-15-14-24(20-23(25)13-12-21-8-4-2-5-9-21)27-16-18-28(19-17-27)26(29)22-10-6-3-7-11-22/h2-11,14-15,20H,12-13,16-19H2,1H3. The molecule has 1 heterocycles. The molecule has 0 N–H and O–H groups in total. The number of anilines is 1. The van der Waals surface area contributed by atoms with E-state index in [1.165, 1.54) is 11.8 Å². The molecule has 3 aromatic rings. The topological polar surface area (TPSA) is 57.7 Å². The molecule has 4 rings (SSSR count). The third-order valence-electron chi connectivity index (χ3n) is 5.92. The molecule has 166 valence electrons. The fourth-order valence-corrected chi connectivity index (χ4v) is 5.13. The summed E-state index contributed by atoms with van der Waals surface area (Å²) < 4.78 is 24.7. The molecule has 1 amide bonds. The summed E-state index contributed by atoms with van der Waals surface area (Å²) in [6.45, 7) is 2.71. The fourth-order valence-electron chi connectivity index (χ4n) is 4.17. The summed E-state index contributed by atoms with van der Waals surface area (Å²) in [6, 6.07) is 25.1. The second-order valence-corrected chi connectivity index (χ2v) is 10.2. The number of carbonyl (C=O) groups excluding carboxylic acids is 1. The van der Waals surface area contributed by atoms with Crippen molar-refractivity contribution in [2.24, 2.45) is 0 Å². The van der Waals surface area contributed by atoms with E-state index in [2.05, 4.69) is 17.0 Å². The van der Waals surface area contributed by atoms with E-state index in [-0.39, 0.29) is 5.91 Å². The van der Waals surface area contributed by atoms with Crippen molar-refractivity contribution in [2.75, 3.05) is 37.3 Å². The van der Waals surface area contributed by atoms with Crippen molar-refractivity contribution in [3.8, 4) is 0 Å². The number of carbonyl (C=O) groups is 1. The molecule has 1 saturated heterocycles. The highest BCUT2D eigenvalue weighted by molar-refractivity contribution is 7.90. The molecule has 0 spiro atoms. The lowest BCUT2D eigenvalue weighted by Gasteiger charge is -2.36. The maximum absolute atomic E-state index is 12.7. The van der Waals surface area contributed by atoms with E-state index in [0.29, 0.717) is 30.0 Å². The molecule has 32 heavy (non-hydrogen) atoms. The van der Waals surface area contributed by atoms with Crippen molar-refractivity contribution in [1.29, 1.82) is 0 Å². The van der Waals surface area contributed by atoms with Crippen LogP contribution in [0.4, 0.5) is 5.69 Å². The maximum atomic E-state index is 12.7. The number of aryl methyl sites for hydroxylation is 2. The van der Waals surface area contributed by atoms with Gasteiger partial charge in [0, 0.05) is 43.7 Å². The van der Waals surface area contributed by atoms with E-state index in [9.17, 15) is 13.2 Å². The molecule has 0 bridgehead atoms. The number of amides is 1. The molecular weight excluding hydrogens is 420 g/mol. The van der Waals surface area contributed by atoms with Gasteiger partial charge >= 0.3 is 0 Å². The van der Waals surface area contributed by atoms with E-state index >= 15 is 0 Å². The molecule has 3 aromatic carbocycles. The van der Waals surface area contributed by atoms with Gasteiger partial charge in [-0.15, -0.1) is 0 Å². The van der Waals surface area contributed by atoms with Gasteiger partial charge in [-0.1, -0.05) is 48.5 Å². The van der Waals surface area contributed by atoms with E-state index in [0.717, 1.165) is 30.8 Å². The summed E-state index contributed by atoms with van der Waals surface area (Å²) in [5, 5.41) is 0. The van der Waals surface area contributed by atoms with Crippen LogP contribution in [-0.2, 0) is 22.7 Å². The number of nitrogens with zero attached hydrogens (tertiary/aromatic N) is 2. The largest absolute Gasteiger partial charge is 0.368 e. The molecule has 0 unspecified atom stereocenters. The van der Waals surface area contributed by atoms with Gasteiger partial charge in [0.25, 0.3) is 5.91 Å². The van der Waals surface area contributed by atoms with Crippen molar-refractivity contribution in [3.63, 3.8) is 0 Å². The summed E-state index contributed by atoms with van der Waals surface area (Å²) in [5.41, 5.74) is 3.75. The molecule has 0 radical (unpaired) electrons. The highest BCUT2D eigenvalue weighted by atomic mass is 32.2. The lowest BCUT2D eigenvalue weighted by atomic mass is 10.0. The minimum Gasteiger partial charge on any atom is -0.368 e. The monoisotopic (exact) mass is 448 g/mol. The highest BCUT2D eigenvalue weighted by Gasteiger charge is 2.23. The molecule has 6 heteroatoms. The Hall–Kier alpha value is -3.12. The summed E-state index contributed by atoms with van der Waals surface area (Å²) in [7, 11) is -3.31. The second kappa shape index (κ2) is 9.57. The van der Waals surface area contributed by atoms with E-state index in [1.807, 2.05) is 65.6 Å². The van der Waals surface area contributed by atoms with Gasteiger partial charge < -0.3 is 9.80 Å². The van der Waals surface area contributed by atoms with E-state index in [4.69, 9.17) is 0 Å². The van der Waals surface area contributed by atoms with Crippen LogP contribution in [0, 0.1) is 0 Å². The van der Waals surface area contributed by atoms with Gasteiger partial charge in [0.15, 0.2) is 9.84 Å². The number of hydrogen-bond donors (Lipinski definition) is 0. The average Bonchev–Trinajstić information content (AvgIpc) is 2.83. The molecular formula is C26H28N2O3S. The van der Waals surface area contributed by atoms with Crippen LogP contribution in [0.3, 0.4) is 0 Å². The zero-order valence-corrected chi connectivity index (χ0v) is 19.1. The fraction of sp³-hybridized carbons (Fsp3) is 0.269. The lowest BCUT2D eigenvalue weighted by molar-refractivity contribution is 0.0746. The van der Waals surface area contributed by atoms with Crippen LogP contribution in [0.5, 0.6) is 0 Å². The summed E-state index contributed by atoms with van der Waals surface area (Å²) >= 11 is 0. The van der Waals surface area contributed by atoms with Gasteiger partial charge in [-0.2, -0.15) is 0 Å².